The number of nitrogens with zero attached hydrogens (tertiary/aromatic N) is 4. The zero-order valence-corrected chi connectivity index (χ0v) is 21.9. The lowest BCUT2D eigenvalue weighted by Crippen LogP contribution is -2.46. The van der Waals surface area contributed by atoms with Crippen LogP contribution in [0.4, 0.5) is 24.7 Å². The van der Waals surface area contributed by atoms with Crippen molar-refractivity contribution in [2.45, 2.75) is 19.8 Å². The molecule has 0 spiro atoms. The summed E-state index contributed by atoms with van der Waals surface area (Å²) in [6, 6.07) is 20.6. The number of nitrogens with one attached hydrogen (secondary N) is 1. The first kappa shape index (κ1) is 27.1. The van der Waals surface area contributed by atoms with E-state index in [1.165, 1.54) is 12.1 Å². The van der Waals surface area contributed by atoms with Crippen LogP contribution in [0.15, 0.2) is 85.2 Å². The van der Waals surface area contributed by atoms with Gasteiger partial charge in [-0.2, -0.15) is 0 Å². The van der Waals surface area contributed by atoms with Crippen LogP contribution in [-0.4, -0.2) is 53.3 Å². The average molecular weight is 548 g/mol. The van der Waals surface area contributed by atoms with E-state index >= 15 is 0 Å². The van der Waals surface area contributed by atoms with E-state index in [9.17, 15) is 18.0 Å². The Morgan fingerprint density at radius 3 is 2.35 bits per heavy atom. The molecule has 4 aromatic rings. The van der Waals surface area contributed by atoms with Gasteiger partial charge in [0.2, 0.25) is 0 Å². The normalized spacial score (nSPS) is 14.2. The Morgan fingerprint density at radius 1 is 0.925 bits per heavy atom. The van der Waals surface area contributed by atoms with Crippen LogP contribution in [0.5, 0.6) is 5.75 Å². The zero-order chi connectivity index (χ0) is 28.1. The van der Waals surface area contributed by atoms with Gasteiger partial charge in [-0.05, 0) is 66.1 Å². The van der Waals surface area contributed by atoms with E-state index in [0.717, 1.165) is 55.4 Å². The number of aromatic nitrogens is 2. The molecule has 206 valence electrons. The van der Waals surface area contributed by atoms with Crippen LogP contribution in [0.25, 0.3) is 11.1 Å². The molecule has 0 unspecified atom stereocenters. The molecule has 0 aliphatic carbocycles. The predicted octanol–water partition coefficient (Wildman–Crippen LogP) is 5.93. The van der Waals surface area contributed by atoms with Gasteiger partial charge in [0.25, 0.3) is 5.91 Å². The van der Waals surface area contributed by atoms with E-state index in [0.29, 0.717) is 16.8 Å². The Bertz CT molecular complexity index is 1440. The van der Waals surface area contributed by atoms with Gasteiger partial charge >= 0.3 is 6.36 Å². The highest BCUT2D eigenvalue weighted by Gasteiger charge is 2.31. The molecular weight excluding hydrogens is 519 g/mol. The molecule has 1 aliphatic heterocycles. The van der Waals surface area contributed by atoms with Crippen molar-refractivity contribution in [2.75, 3.05) is 36.4 Å². The highest BCUT2D eigenvalue weighted by Crippen LogP contribution is 2.31. The van der Waals surface area contributed by atoms with E-state index in [1.807, 2.05) is 43.5 Å². The van der Waals surface area contributed by atoms with Crippen LogP contribution < -0.4 is 15.0 Å². The standard InChI is InChI=1S/C30H28F3N5O2/c1-21-26(22-8-11-25(12-9-22)40-30(31,32)33)6-4-7-27(21)36-29(39)23-10-13-28(35-19-23)38-17-15-37(16-18-38)20-24-5-2-3-14-34-24/h2-14,19H,15-18,20H2,1H3,(H,36,39). The van der Waals surface area contributed by atoms with Crippen molar-refractivity contribution >= 4 is 17.4 Å². The number of carbonyl (C=O) groups excluding carboxylic acids is 1. The second kappa shape index (κ2) is 11.7. The van der Waals surface area contributed by atoms with Crippen LogP contribution >= 0.6 is 0 Å². The van der Waals surface area contributed by atoms with Crippen LogP contribution in [0.1, 0.15) is 21.6 Å². The molecule has 1 saturated heterocycles. The Labute approximate surface area is 230 Å². The molecule has 2 aromatic heterocycles. The number of hydrogen-bond acceptors (Lipinski definition) is 6. The number of hydrogen-bond donors (Lipinski definition) is 1. The predicted molar refractivity (Wildman–Crippen MR) is 147 cm³/mol. The topological polar surface area (TPSA) is 70.6 Å². The van der Waals surface area contributed by atoms with Crippen molar-refractivity contribution in [3.63, 3.8) is 0 Å². The van der Waals surface area contributed by atoms with Crippen molar-refractivity contribution < 1.29 is 22.7 Å². The zero-order valence-electron chi connectivity index (χ0n) is 21.9. The summed E-state index contributed by atoms with van der Waals surface area (Å²) in [6.45, 7) is 6.13. The van der Waals surface area contributed by atoms with Gasteiger partial charge in [0, 0.05) is 50.8 Å². The smallest absolute Gasteiger partial charge is 0.406 e. The van der Waals surface area contributed by atoms with Gasteiger partial charge in [0.1, 0.15) is 11.6 Å². The molecule has 0 atom stereocenters. The largest absolute Gasteiger partial charge is 0.573 e. The first-order chi connectivity index (χ1) is 19.2. The lowest BCUT2D eigenvalue weighted by atomic mass is 9.99. The summed E-state index contributed by atoms with van der Waals surface area (Å²) in [5.74, 6) is 0.235. The molecule has 0 bridgehead atoms. The third-order valence-electron chi connectivity index (χ3n) is 6.80. The third kappa shape index (κ3) is 6.76. The fourth-order valence-corrected chi connectivity index (χ4v) is 4.68. The summed E-state index contributed by atoms with van der Waals surface area (Å²) >= 11 is 0. The van der Waals surface area contributed by atoms with Crippen molar-refractivity contribution in [2.24, 2.45) is 0 Å². The van der Waals surface area contributed by atoms with E-state index in [4.69, 9.17) is 0 Å². The van der Waals surface area contributed by atoms with Gasteiger partial charge in [-0.25, -0.2) is 4.98 Å². The Kier molecular flexibility index (Phi) is 7.97. The molecule has 7 nitrogen and oxygen atoms in total. The number of ether oxygens (including phenoxy) is 1. The number of halogens is 3. The van der Waals surface area contributed by atoms with E-state index < -0.39 is 6.36 Å². The second-order valence-electron chi connectivity index (χ2n) is 9.49. The number of rotatable bonds is 7. The van der Waals surface area contributed by atoms with Gasteiger partial charge in [-0.1, -0.05) is 30.3 Å². The Balaban J connectivity index is 1.19. The molecule has 1 fully saturated rings. The number of benzene rings is 2. The molecule has 2 aromatic carbocycles. The summed E-state index contributed by atoms with van der Waals surface area (Å²) < 4.78 is 41.4. The fraction of sp³-hybridized carbons (Fsp3) is 0.233. The first-order valence-electron chi connectivity index (χ1n) is 12.9. The number of anilines is 2. The maximum Gasteiger partial charge on any atom is 0.573 e. The van der Waals surface area contributed by atoms with E-state index in [-0.39, 0.29) is 11.7 Å². The van der Waals surface area contributed by atoms with Gasteiger partial charge in [0.15, 0.2) is 0 Å². The summed E-state index contributed by atoms with van der Waals surface area (Å²) in [7, 11) is 0. The number of piperazine rings is 1. The van der Waals surface area contributed by atoms with Gasteiger partial charge in [-0.15, -0.1) is 13.2 Å². The van der Waals surface area contributed by atoms with Gasteiger partial charge in [0.05, 0.1) is 11.3 Å². The maximum atomic E-state index is 13.0. The summed E-state index contributed by atoms with van der Waals surface area (Å²) in [5.41, 5.74) is 4.36. The highest BCUT2D eigenvalue weighted by molar-refractivity contribution is 6.05. The highest BCUT2D eigenvalue weighted by atomic mass is 19.4. The third-order valence-corrected chi connectivity index (χ3v) is 6.80. The summed E-state index contributed by atoms with van der Waals surface area (Å²) in [5, 5.41) is 2.93. The number of alkyl halides is 3. The van der Waals surface area contributed by atoms with Crippen LogP contribution in [0.2, 0.25) is 0 Å². The molecule has 1 amide bonds. The number of carbonyl (C=O) groups is 1. The minimum atomic E-state index is -4.75. The molecule has 0 saturated carbocycles. The number of pyridine rings is 2. The minimum Gasteiger partial charge on any atom is -0.406 e. The van der Waals surface area contributed by atoms with E-state index in [2.05, 4.69) is 29.8 Å². The molecule has 1 aliphatic rings. The molecule has 0 radical (unpaired) electrons. The van der Waals surface area contributed by atoms with Crippen LogP contribution in [-0.2, 0) is 6.54 Å². The number of amides is 1. The fourth-order valence-electron chi connectivity index (χ4n) is 4.68. The molecule has 1 N–H and O–H groups in total. The molecule has 10 heteroatoms. The van der Waals surface area contributed by atoms with Crippen molar-refractivity contribution in [3.8, 4) is 16.9 Å². The minimum absolute atomic E-state index is 0.291. The summed E-state index contributed by atoms with van der Waals surface area (Å²) in [4.78, 5) is 26.5. The van der Waals surface area contributed by atoms with Crippen molar-refractivity contribution in [1.29, 1.82) is 0 Å². The average Bonchev–Trinajstić information content (AvgIpc) is 2.95. The SMILES string of the molecule is Cc1c(NC(=O)c2ccc(N3CCN(Cc4ccccn4)CC3)nc2)cccc1-c1ccc(OC(F)(F)F)cc1. The van der Waals surface area contributed by atoms with Crippen LogP contribution in [0.3, 0.4) is 0 Å². The summed E-state index contributed by atoms with van der Waals surface area (Å²) in [6.07, 6.45) is -1.36. The van der Waals surface area contributed by atoms with Crippen LogP contribution in [0, 0.1) is 6.92 Å². The van der Waals surface area contributed by atoms with Gasteiger partial charge < -0.3 is 15.0 Å². The molecule has 5 rings (SSSR count). The van der Waals surface area contributed by atoms with Gasteiger partial charge in [-0.3, -0.25) is 14.7 Å². The first-order valence-corrected chi connectivity index (χ1v) is 12.9. The second-order valence-corrected chi connectivity index (χ2v) is 9.49. The lowest BCUT2D eigenvalue weighted by molar-refractivity contribution is -0.274. The lowest BCUT2D eigenvalue weighted by Gasteiger charge is -2.35. The maximum absolute atomic E-state index is 13.0. The quantitative estimate of drug-likeness (QED) is 0.310. The van der Waals surface area contributed by atoms with Crippen molar-refractivity contribution in [1.82, 2.24) is 14.9 Å². The Morgan fingerprint density at radius 2 is 1.70 bits per heavy atom. The molecule has 40 heavy (non-hydrogen) atoms. The van der Waals surface area contributed by atoms with E-state index in [1.54, 1.807) is 36.5 Å². The monoisotopic (exact) mass is 547 g/mol. The molecule has 3 heterocycles. The molecular formula is C30H28F3N5O2. The Hall–Kier alpha value is -4.44. The van der Waals surface area contributed by atoms with Crippen molar-refractivity contribution in [3.05, 3.63) is 102 Å².